The average molecular weight is 287 g/mol. The molecule has 1 aromatic carbocycles. The predicted octanol–water partition coefficient (Wildman–Crippen LogP) is 3.22. The van der Waals surface area contributed by atoms with Crippen molar-refractivity contribution in [1.82, 2.24) is 0 Å². The van der Waals surface area contributed by atoms with Crippen LogP contribution in [-0.4, -0.2) is 17.0 Å². The molecule has 1 unspecified atom stereocenters. The topological polar surface area (TPSA) is 66.4 Å². The molecule has 0 aromatic heterocycles. The minimum absolute atomic E-state index is 0.135. The monoisotopic (exact) mass is 287 g/mol. The Labute approximate surface area is 124 Å². The van der Waals surface area contributed by atoms with E-state index in [4.69, 9.17) is 5.11 Å². The summed E-state index contributed by atoms with van der Waals surface area (Å²) in [6.07, 6.45) is 6.66. The van der Waals surface area contributed by atoms with Gasteiger partial charge in [0.15, 0.2) is 0 Å². The number of carbonyl (C=O) groups excluding carboxylic acids is 1. The summed E-state index contributed by atoms with van der Waals surface area (Å²) in [5.41, 5.74) is 2.11. The zero-order valence-corrected chi connectivity index (χ0v) is 12.1. The minimum atomic E-state index is -0.789. The first kappa shape index (κ1) is 14.1. The number of carboxylic acid groups (broad SMARTS) is 1. The molecule has 1 spiro atoms. The van der Waals surface area contributed by atoms with Crippen LogP contribution in [0.5, 0.6) is 0 Å². The fraction of sp³-hybridized carbons (Fsp3) is 0.529. The fourth-order valence-electron chi connectivity index (χ4n) is 3.59. The van der Waals surface area contributed by atoms with E-state index >= 15 is 0 Å². The van der Waals surface area contributed by atoms with Crippen molar-refractivity contribution in [2.24, 2.45) is 11.3 Å². The van der Waals surface area contributed by atoms with E-state index in [-0.39, 0.29) is 18.2 Å². The zero-order chi connectivity index (χ0) is 14.9. The third-order valence-corrected chi connectivity index (χ3v) is 4.95. The van der Waals surface area contributed by atoms with Crippen LogP contribution in [0.25, 0.3) is 0 Å². The number of rotatable bonds is 5. The Morgan fingerprint density at radius 3 is 2.48 bits per heavy atom. The zero-order valence-electron chi connectivity index (χ0n) is 12.1. The number of carbonyl (C=O) groups is 2. The molecule has 112 valence electrons. The second-order valence-electron chi connectivity index (χ2n) is 6.41. The summed E-state index contributed by atoms with van der Waals surface area (Å²) in [6, 6.07) is 7.49. The summed E-state index contributed by atoms with van der Waals surface area (Å²) >= 11 is 0. The Balaban J connectivity index is 1.53. The molecule has 4 heteroatoms. The number of amides is 1. The predicted molar refractivity (Wildman–Crippen MR) is 80.0 cm³/mol. The smallest absolute Gasteiger partial charge is 0.303 e. The van der Waals surface area contributed by atoms with Crippen molar-refractivity contribution in [3.63, 3.8) is 0 Å². The van der Waals surface area contributed by atoms with Gasteiger partial charge in [0.05, 0.1) is 0 Å². The number of hydrogen-bond acceptors (Lipinski definition) is 2. The lowest BCUT2D eigenvalue weighted by molar-refractivity contribution is -0.137. The minimum Gasteiger partial charge on any atom is -0.481 e. The van der Waals surface area contributed by atoms with E-state index < -0.39 is 5.97 Å². The highest BCUT2D eigenvalue weighted by Gasteiger charge is 2.58. The number of anilines is 1. The van der Waals surface area contributed by atoms with Gasteiger partial charge in [-0.05, 0) is 48.8 Å². The molecule has 2 N–H and O–H groups in total. The molecule has 0 radical (unpaired) electrons. The van der Waals surface area contributed by atoms with Crippen molar-refractivity contribution >= 4 is 17.6 Å². The lowest BCUT2D eigenvalue weighted by Crippen LogP contribution is -2.17. The van der Waals surface area contributed by atoms with Gasteiger partial charge in [0.2, 0.25) is 5.91 Å². The second-order valence-corrected chi connectivity index (χ2v) is 6.41. The van der Waals surface area contributed by atoms with E-state index in [9.17, 15) is 9.59 Å². The van der Waals surface area contributed by atoms with Gasteiger partial charge >= 0.3 is 5.97 Å². The number of benzene rings is 1. The van der Waals surface area contributed by atoms with Crippen LogP contribution in [-0.2, 0) is 16.0 Å². The molecule has 21 heavy (non-hydrogen) atoms. The first-order chi connectivity index (χ1) is 10.1. The van der Waals surface area contributed by atoms with E-state index in [0.717, 1.165) is 17.7 Å². The molecular formula is C17H21NO3. The third-order valence-electron chi connectivity index (χ3n) is 4.95. The Kier molecular flexibility index (Phi) is 3.70. The highest BCUT2D eigenvalue weighted by atomic mass is 16.4. The maximum Gasteiger partial charge on any atom is 0.303 e. The molecule has 2 aliphatic rings. The van der Waals surface area contributed by atoms with Gasteiger partial charge in [0, 0.05) is 18.0 Å². The molecule has 1 atom stereocenters. The second kappa shape index (κ2) is 5.51. The van der Waals surface area contributed by atoms with Crippen LogP contribution in [0.2, 0.25) is 0 Å². The van der Waals surface area contributed by atoms with Crippen molar-refractivity contribution in [3.05, 3.63) is 29.8 Å². The summed E-state index contributed by atoms with van der Waals surface area (Å²) in [7, 11) is 0. The van der Waals surface area contributed by atoms with Gasteiger partial charge in [-0.3, -0.25) is 9.59 Å². The molecule has 4 nitrogen and oxygen atoms in total. The maximum atomic E-state index is 12.2. The van der Waals surface area contributed by atoms with E-state index in [1.165, 1.54) is 25.7 Å². The van der Waals surface area contributed by atoms with Crippen molar-refractivity contribution in [2.75, 3.05) is 5.32 Å². The summed E-state index contributed by atoms with van der Waals surface area (Å²) in [4.78, 5) is 22.8. The molecular weight excluding hydrogens is 266 g/mol. The highest BCUT2D eigenvalue weighted by molar-refractivity contribution is 5.95. The van der Waals surface area contributed by atoms with Crippen LogP contribution >= 0.6 is 0 Å². The van der Waals surface area contributed by atoms with E-state index in [1.807, 2.05) is 24.3 Å². The molecule has 1 amide bonds. The van der Waals surface area contributed by atoms with Gasteiger partial charge in [-0.1, -0.05) is 25.0 Å². The number of aryl methyl sites for hydroxylation is 1. The lowest BCUT2D eigenvalue weighted by Gasteiger charge is -2.09. The molecule has 1 aromatic rings. The van der Waals surface area contributed by atoms with Gasteiger partial charge in [-0.15, -0.1) is 0 Å². The molecule has 0 bridgehead atoms. The Morgan fingerprint density at radius 2 is 1.86 bits per heavy atom. The van der Waals surface area contributed by atoms with Crippen LogP contribution in [0.3, 0.4) is 0 Å². The fourth-order valence-corrected chi connectivity index (χ4v) is 3.59. The molecule has 0 aliphatic heterocycles. The number of hydrogen-bond donors (Lipinski definition) is 2. The van der Waals surface area contributed by atoms with Gasteiger partial charge in [-0.2, -0.15) is 0 Å². The number of aliphatic carboxylic acids is 1. The molecule has 2 fully saturated rings. The standard InChI is InChI=1S/C17H21NO3/c19-15(20)8-5-12-3-6-13(7-4-12)18-16(21)14-11-17(14)9-1-2-10-17/h3-4,6-7,14H,1-2,5,8-11H2,(H,18,21)(H,19,20). The molecule has 2 saturated carbocycles. The third kappa shape index (κ3) is 3.09. The van der Waals surface area contributed by atoms with E-state index in [2.05, 4.69) is 5.32 Å². The van der Waals surface area contributed by atoms with Gasteiger partial charge in [-0.25, -0.2) is 0 Å². The van der Waals surface area contributed by atoms with Crippen LogP contribution < -0.4 is 5.32 Å². The Bertz CT molecular complexity index is 544. The first-order valence-electron chi connectivity index (χ1n) is 7.71. The SMILES string of the molecule is O=C(O)CCc1ccc(NC(=O)C2CC23CCCC3)cc1. The van der Waals surface area contributed by atoms with Crippen LogP contribution in [0.1, 0.15) is 44.1 Å². The first-order valence-corrected chi connectivity index (χ1v) is 7.71. The molecule has 0 saturated heterocycles. The van der Waals surface area contributed by atoms with Crippen LogP contribution in [0, 0.1) is 11.3 Å². The van der Waals surface area contributed by atoms with Gasteiger partial charge in [0.1, 0.15) is 0 Å². The van der Waals surface area contributed by atoms with Crippen molar-refractivity contribution < 1.29 is 14.7 Å². The molecule has 0 heterocycles. The summed E-state index contributed by atoms with van der Waals surface area (Å²) in [5.74, 6) is -0.440. The summed E-state index contributed by atoms with van der Waals surface area (Å²) < 4.78 is 0. The average Bonchev–Trinajstić information content (AvgIpc) is 2.96. The van der Waals surface area contributed by atoms with Crippen LogP contribution in [0.4, 0.5) is 5.69 Å². The Morgan fingerprint density at radius 1 is 1.19 bits per heavy atom. The summed E-state index contributed by atoms with van der Waals surface area (Å²) in [6.45, 7) is 0. The highest BCUT2D eigenvalue weighted by Crippen LogP contribution is 2.63. The van der Waals surface area contributed by atoms with Crippen molar-refractivity contribution in [1.29, 1.82) is 0 Å². The molecule has 2 aliphatic carbocycles. The quantitative estimate of drug-likeness (QED) is 0.873. The normalized spacial score (nSPS) is 22.2. The van der Waals surface area contributed by atoms with Gasteiger partial charge < -0.3 is 10.4 Å². The summed E-state index contributed by atoms with van der Waals surface area (Å²) in [5, 5.41) is 11.7. The Hall–Kier alpha value is -1.84. The van der Waals surface area contributed by atoms with Crippen molar-refractivity contribution in [2.45, 2.75) is 44.9 Å². The lowest BCUT2D eigenvalue weighted by atomic mass is 10.0. The maximum absolute atomic E-state index is 12.2. The number of nitrogens with one attached hydrogen (secondary N) is 1. The van der Waals surface area contributed by atoms with Gasteiger partial charge in [0.25, 0.3) is 0 Å². The van der Waals surface area contributed by atoms with Crippen molar-refractivity contribution in [3.8, 4) is 0 Å². The molecule has 3 rings (SSSR count). The largest absolute Gasteiger partial charge is 0.481 e. The van der Waals surface area contributed by atoms with E-state index in [0.29, 0.717) is 11.8 Å². The van der Waals surface area contributed by atoms with E-state index in [1.54, 1.807) is 0 Å². The van der Waals surface area contributed by atoms with Crippen LogP contribution in [0.15, 0.2) is 24.3 Å². The number of carboxylic acids is 1.